The first-order valence-electron chi connectivity index (χ1n) is 7.61. The van der Waals surface area contributed by atoms with Crippen molar-refractivity contribution in [1.82, 2.24) is 5.32 Å². The zero-order valence-corrected chi connectivity index (χ0v) is 12.4. The van der Waals surface area contributed by atoms with Crippen LogP contribution in [-0.4, -0.2) is 38.5 Å². The summed E-state index contributed by atoms with van der Waals surface area (Å²) < 4.78 is 11.3. The molecule has 0 saturated carbocycles. The molecule has 0 aromatic heterocycles. The smallest absolute Gasteiger partial charge is 0.0808 e. The van der Waals surface area contributed by atoms with E-state index in [0.717, 1.165) is 38.7 Å². The van der Waals surface area contributed by atoms with Crippen LogP contribution in [0.25, 0.3) is 0 Å². The molecule has 0 bridgehead atoms. The molecule has 3 nitrogen and oxygen atoms in total. The highest BCUT2D eigenvalue weighted by atomic mass is 16.5. The molecule has 2 unspecified atom stereocenters. The van der Waals surface area contributed by atoms with Crippen molar-refractivity contribution >= 4 is 0 Å². The van der Waals surface area contributed by atoms with Gasteiger partial charge in [-0.05, 0) is 44.9 Å². The van der Waals surface area contributed by atoms with E-state index in [9.17, 15) is 0 Å². The van der Waals surface area contributed by atoms with Crippen LogP contribution in [0.1, 0.15) is 52.9 Å². The van der Waals surface area contributed by atoms with E-state index >= 15 is 0 Å². The van der Waals surface area contributed by atoms with Crippen LogP contribution in [-0.2, 0) is 9.47 Å². The zero-order valence-electron chi connectivity index (χ0n) is 12.4. The van der Waals surface area contributed by atoms with Gasteiger partial charge in [0.1, 0.15) is 0 Å². The zero-order chi connectivity index (χ0) is 13.2. The third-order valence-electron chi connectivity index (χ3n) is 3.49. The van der Waals surface area contributed by atoms with E-state index in [0.29, 0.717) is 12.1 Å². The predicted molar refractivity (Wildman–Crippen MR) is 75.9 cm³/mol. The lowest BCUT2D eigenvalue weighted by atomic mass is 10.0. The number of hydrogen-bond donors (Lipinski definition) is 1. The number of nitrogens with one attached hydrogen (secondary N) is 1. The minimum atomic E-state index is 0.345. The average Bonchev–Trinajstić information content (AvgIpc) is 2.37. The summed E-state index contributed by atoms with van der Waals surface area (Å²) >= 11 is 0. The molecule has 3 heteroatoms. The van der Waals surface area contributed by atoms with Gasteiger partial charge in [-0.25, -0.2) is 0 Å². The van der Waals surface area contributed by atoms with Gasteiger partial charge in [0.05, 0.1) is 19.3 Å². The van der Waals surface area contributed by atoms with Gasteiger partial charge in [-0.3, -0.25) is 0 Å². The van der Waals surface area contributed by atoms with Crippen LogP contribution in [0.3, 0.4) is 0 Å². The average molecular weight is 257 g/mol. The summed E-state index contributed by atoms with van der Waals surface area (Å²) in [5.41, 5.74) is 0. The van der Waals surface area contributed by atoms with Crippen molar-refractivity contribution in [2.24, 2.45) is 5.92 Å². The Morgan fingerprint density at radius 3 is 2.72 bits per heavy atom. The van der Waals surface area contributed by atoms with Gasteiger partial charge in [0.25, 0.3) is 0 Å². The van der Waals surface area contributed by atoms with E-state index in [4.69, 9.17) is 9.47 Å². The highest BCUT2D eigenvalue weighted by Crippen LogP contribution is 2.12. The molecule has 2 atom stereocenters. The fourth-order valence-electron chi connectivity index (χ4n) is 2.22. The molecule has 1 rings (SSSR count). The Balaban J connectivity index is 1.88. The van der Waals surface area contributed by atoms with E-state index in [2.05, 4.69) is 26.1 Å². The molecule has 0 spiro atoms. The first-order chi connectivity index (χ1) is 8.68. The Labute approximate surface area is 113 Å². The minimum Gasteiger partial charge on any atom is -0.377 e. The summed E-state index contributed by atoms with van der Waals surface area (Å²) in [7, 11) is 0. The van der Waals surface area contributed by atoms with Gasteiger partial charge in [0.15, 0.2) is 0 Å². The van der Waals surface area contributed by atoms with Crippen LogP contribution < -0.4 is 5.32 Å². The molecule has 1 fully saturated rings. The van der Waals surface area contributed by atoms with Crippen LogP contribution in [0, 0.1) is 5.92 Å². The maximum atomic E-state index is 5.66. The lowest BCUT2D eigenvalue weighted by Gasteiger charge is -2.22. The maximum absolute atomic E-state index is 5.66. The minimum absolute atomic E-state index is 0.345. The van der Waals surface area contributed by atoms with E-state index in [1.165, 1.54) is 25.7 Å². The summed E-state index contributed by atoms with van der Waals surface area (Å²) in [6, 6.07) is 0.599. The molecule has 1 aliphatic heterocycles. The Morgan fingerprint density at radius 2 is 2.06 bits per heavy atom. The molecule has 0 aliphatic carbocycles. The molecular formula is C15H31NO2. The molecule has 0 aromatic rings. The Morgan fingerprint density at radius 1 is 1.22 bits per heavy atom. The van der Waals surface area contributed by atoms with E-state index in [1.807, 2.05) is 0 Å². The standard InChI is InChI=1S/C15H31NO2/c1-13(2)7-8-14(3)16-9-11-17-12-15-6-4-5-10-18-15/h13-16H,4-12H2,1-3H3. The Hall–Kier alpha value is -0.120. The molecule has 0 amide bonds. The lowest BCUT2D eigenvalue weighted by molar-refractivity contribution is -0.0400. The van der Waals surface area contributed by atoms with Gasteiger partial charge in [0, 0.05) is 19.2 Å². The maximum Gasteiger partial charge on any atom is 0.0808 e. The van der Waals surface area contributed by atoms with Crippen molar-refractivity contribution in [3.05, 3.63) is 0 Å². The molecule has 108 valence electrons. The number of rotatable bonds is 9. The molecular weight excluding hydrogens is 226 g/mol. The van der Waals surface area contributed by atoms with E-state index < -0.39 is 0 Å². The van der Waals surface area contributed by atoms with Crippen molar-refractivity contribution in [2.75, 3.05) is 26.4 Å². The fourth-order valence-corrected chi connectivity index (χ4v) is 2.22. The highest BCUT2D eigenvalue weighted by Gasteiger charge is 2.13. The summed E-state index contributed by atoms with van der Waals surface area (Å²) in [6.07, 6.45) is 6.56. The first kappa shape index (κ1) is 15.9. The molecule has 18 heavy (non-hydrogen) atoms. The monoisotopic (exact) mass is 257 g/mol. The summed E-state index contributed by atoms with van der Waals surface area (Å²) in [5.74, 6) is 0.800. The number of ether oxygens (including phenoxy) is 2. The Bertz CT molecular complexity index is 191. The number of hydrogen-bond acceptors (Lipinski definition) is 3. The van der Waals surface area contributed by atoms with Crippen molar-refractivity contribution < 1.29 is 9.47 Å². The predicted octanol–water partition coefficient (Wildman–Crippen LogP) is 2.99. The molecule has 0 aromatic carbocycles. The highest BCUT2D eigenvalue weighted by molar-refractivity contribution is 4.64. The van der Waals surface area contributed by atoms with Gasteiger partial charge in [-0.2, -0.15) is 0 Å². The van der Waals surface area contributed by atoms with E-state index in [-0.39, 0.29) is 0 Å². The lowest BCUT2D eigenvalue weighted by Crippen LogP contribution is -2.31. The van der Waals surface area contributed by atoms with Gasteiger partial charge in [-0.15, -0.1) is 0 Å². The molecule has 1 saturated heterocycles. The van der Waals surface area contributed by atoms with Crippen molar-refractivity contribution in [2.45, 2.75) is 65.0 Å². The molecule has 1 aliphatic rings. The van der Waals surface area contributed by atoms with E-state index in [1.54, 1.807) is 0 Å². The van der Waals surface area contributed by atoms with Crippen molar-refractivity contribution in [1.29, 1.82) is 0 Å². The molecule has 0 radical (unpaired) electrons. The first-order valence-corrected chi connectivity index (χ1v) is 7.61. The van der Waals surface area contributed by atoms with Crippen LogP contribution in [0.4, 0.5) is 0 Å². The third-order valence-corrected chi connectivity index (χ3v) is 3.49. The molecule has 1 N–H and O–H groups in total. The SMILES string of the molecule is CC(C)CCC(C)NCCOCC1CCCCO1. The third kappa shape index (κ3) is 8.06. The molecule has 1 heterocycles. The van der Waals surface area contributed by atoms with Gasteiger partial charge in [-0.1, -0.05) is 13.8 Å². The van der Waals surface area contributed by atoms with Gasteiger partial charge < -0.3 is 14.8 Å². The summed E-state index contributed by atoms with van der Waals surface area (Å²) in [5, 5.41) is 3.51. The van der Waals surface area contributed by atoms with Crippen molar-refractivity contribution in [3.63, 3.8) is 0 Å². The van der Waals surface area contributed by atoms with Crippen molar-refractivity contribution in [3.8, 4) is 0 Å². The fraction of sp³-hybridized carbons (Fsp3) is 1.00. The summed E-state index contributed by atoms with van der Waals surface area (Å²) in [4.78, 5) is 0. The topological polar surface area (TPSA) is 30.5 Å². The largest absolute Gasteiger partial charge is 0.377 e. The second-order valence-corrected chi connectivity index (χ2v) is 5.89. The van der Waals surface area contributed by atoms with Crippen LogP contribution in [0.2, 0.25) is 0 Å². The van der Waals surface area contributed by atoms with Crippen LogP contribution >= 0.6 is 0 Å². The van der Waals surface area contributed by atoms with Crippen LogP contribution in [0.5, 0.6) is 0 Å². The van der Waals surface area contributed by atoms with Crippen LogP contribution in [0.15, 0.2) is 0 Å². The van der Waals surface area contributed by atoms with Gasteiger partial charge >= 0.3 is 0 Å². The normalized spacial score (nSPS) is 22.3. The second kappa shape index (κ2) is 9.76. The van der Waals surface area contributed by atoms with Gasteiger partial charge in [0.2, 0.25) is 0 Å². The second-order valence-electron chi connectivity index (χ2n) is 5.89. The summed E-state index contributed by atoms with van der Waals surface area (Å²) in [6.45, 7) is 10.2. The Kier molecular flexibility index (Phi) is 8.64. The quantitative estimate of drug-likeness (QED) is 0.644.